The number of carbonyl (C=O) groups is 6. The van der Waals surface area contributed by atoms with Crippen LogP contribution in [0.3, 0.4) is 0 Å². The van der Waals surface area contributed by atoms with Crippen molar-refractivity contribution in [2.24, 2.45) is 0 Å². The molecule has 0 bridgehead atoms. The molecular formula is C20H24O14S2. The Kier molecular flexibility index (Phi) is 18.5. The number of aliphatic hydroxyl groups excluding tert-OH is 2. The van der Waals surface area contributed by atoms with Crippen LogP contribution in [0.4, 0.5) is 0 Å². The van der Waals surface area contributed by atoms with Gasteiger partial charge in [-0.15, -0.1) is 11.3 Å². The van der Waals surface area contributed by atoms with E-state index in [-0.39, 0.29) is 46.9 Å². The summed E-state index contributed by atoms with van der Waals surface area (Å²) in [4.78, 5) is 61.1. The molecule has 2 rings (SSSR count). The van der Waals surface area contributed by atoms with Crippen LogP contribution in [-0.2, 0) is 9.59 Å². The van der Waals surface area contributed by atoms with E-state index in [2.05, 4.69) is 0 Å². The number of aliphatic hydroxyl groups is 2. The molecule has 0 spiro atoms. The zero-order valence-corrected chi connectivity index (χ0v) is 20.0. The average Bonchev–Trinajstić information content (AvgIpc) is 3.48. The van der Waals surface area contributed by atoms with E-state index in [1.54, 1.807) is 0 Å². The standard InChI is InChI=1S/2C6H4O4S.C6H10O4.C2H6O2/c7-5(8)3-1-11-2-4(3)6(9)10;7-5(8)3-1-2-4(11-3)6(9)10;7-5(8)3-1-2-4-6(9)10;3-1-2-4/h2*1-2H,(H,7,8)(H,9,10);1-4H2,(H,7,8)(H,9,10);3-4H,1-2H2. The maximum Gasteiger partial charge on any atom is 0.345 e. The van der Waals surface area contributed by atoms with Crippen LogP contribution in [0, 0.1) is 0 Å². The highest BCUT2D eigenvalue weighted by molar-refractivity contribution is 7.15. The van der Waals surface area contributed by atoms with Crippen molar-refractivity contribution in [3.8, 4) is 0 Å². The summed E-state index contributed by atoms with van der Waals surface area (Å²) in [6.45, 7) is -0.250. The van der Waals surface area contributed by atoms with Crippen molar-refractivity contribution in [1.82, 2.24) is 0 Å². The molecule has 0 atom stereocenters. The van der Waals surface area contributed by atoms with Gasteiger partial charge in [0.15, 0.2) is 0 Å². The summed E-state index contributed by atoms with van der Waals surface area (Å²) >= 11 is 1.81. The van der Waals surface area contributed by atoms with Crippen LogP contribution in [0.15, 0.2) is 22.9 Å². The van der Waals surface area contributed by atoms with E-state index in [9.17, 15) is 28.8 Å². The topological polar surface area (TPSA) is 264 Å². The molecule has 2 heterocycles. The van der Waals surface area contributed by atoms with Crippen molar-refractivity contribution in [3.05, 3.63) is 43.8 Å². The van der Waals surface area contributed by atoms with Crippen LogP contribution in [-0.4, -0.2) is 89.9 Å². The Hall–Kier alpha value is -3.86. The third kappa shape index (κ3) is 16.7. The fraction of sp³-hybridized carbons (Fsp3) is 0.300. The molecule has 2 aromatic heterocycles. The molecule has 200 valence electrons. The molecular weight excluding hydrogens is 528 g/mol. The SMILES string of the molecule is O=C(O)CCCCC(=O)O.O=C(O)c1ccc(C(=O)O)s1.O=C(O)c1cscc1C(=O)O.OCCO. The van der Waals surface area contributed by atoms with E-state index in [0.717, 1.165) is 22.7 Å². The van der Waals surface area contributed by atoms with Crippen LogP contribution in [0.2, 0.25) is 0 Å². The first-order chi connectivity index (χ1) is 16.8. The summed E-state index contributed by atoms with van der Waals surface area (Å²) in [5.74, 6) is -6.34. The van der Waals surface area contributed by atoms with Gasteiger partial charge in [0, 0.05) is 23.6 Å². The van der Waals surface area contributed by atoms with Gasteiger partial charge in [0.05, 0.1) is 24.3 Å². The summed E-state index contributed by atoms with van der Waals surface area (Å²) in [6, 6.07) is 2.55. The number of thiophene rings is 2. The van der Waals surface area contributed by atoms with Crippen molar-refractivity contribution in [2.75, 3.05) is 13.2 Å². The maximum atomic E-state index is 10.3. The second-order valence-corrected chi connectivity index (χ2v) is 7.85. The van der Waals surface area contributed by atoms with Gasteiger partial charge in [0.25, 0.3) is 0 Å². The smallest absolute Gasteiger partial charge is 0.345 e. The minimum absolute atomic E-state index is 0.0439. The molecule has 0 radical (unpaired) electrons. The summed E-state index contributed by atoms with van der Waals surface area (Å²) in [6.07, 6.45) is 1.02. The number of aliphatic carboxylic acids is 2. The molecule has 0 aliphatic carbocycles. The lowest BCUT2D eigenvalue weighted by Crippen LogP contribution is -2.03. The Balaban J connectivity index is 0. The third-order valence-electron chi connectivity index (χ3n) is 3.28. The van der Waals surface area contributed by atoms with E-state index in [4.69, 9.17) is 40.9 Å². The number of hydrogen-bond donors (Lipinski definition) is 8. The molecule has 36 heavy (non-hydrogen) atoms. The molecule has 0 saturated heterocycles. The predicted molar refractivity (Wildman–Crippen MR) is 124 cm³/mol. The highest BCUT2D eigenvalue weighted by atomic mass is 32.1. The average molecular weight is 553 g/mol. The summed E-state index contributed by atoms with van der Waals surface area (Å²) in [5.41, 5.74) is -0.301. The first kappa shape index (κ1) is 34.3. The lowest BCUT2D eigenvalue weighted by atomic mass is 10.2. The van der Waals surface area contributed by atoms with Crippen molar-refractivity contribution in [1.29, 1.82) is 0 Å². The number of hydrogen-bond acceptors (Lipinski definition) is 10. The first-order valence-corrected chi connectivity index (χ1v) is 11.3. The molecule has 0 aliphatic rings. The molecule has 0 amide bonds. The van der Waals surface area contributed by atoms with Gasteiger partial charge in [0.1, 0.15) is 9.75 Å². The second kappa shape index (κ2) is 19.4. The highest BCUT2D eigenvalue weighted by Crippen LogP contribution is 2.16. The Bertz CT molecular complexity index is 933. The zero-order chi connectivity index (χ0) is 28.3. The monoisotopic (exact) mass is 552 g/mol. The number of carboxylic acids is 6. The molecule has 8 N–H and O–H groups in total. The van der Waals surface area contributed by atoms with Crippen LogP contribution in [0.1, 0.15) is 65.7 Å². The van der Waals surface area contributed by atoms with Gasteiger partial charge in [-0.3, -0.25) is 9.59 Å². The lowest BCUT2D eigenvalue weighted by molar-refractivity contribution is -0.139. The molecule has 0 saturated carbocycles. The van der Waals surface area contributed by atoms with Gasteiger partial charge in [-0.1, -0.05) is 0 Å². The lowest BCUT2D eigenvalue weighted by Gasteiger charge is -1.92. The number of carboxylic acid groups (broad SMARTS) is 6. The minimum atomic E-state index is -1.20. The minimum Gasteiger partial charge on any atom is -0.481 e. The molecule has 0 aromatic carbocycles. The van der Waals surface area contributed by atoms with E-state index in [1.165, 1.54) is 22.9 Å². The fourth-order valence-electron chi connectivity index (χ4n) is 1.75. The zero-order valence-electron chi connectivity index (χ0n) is 18.4. The summed E-state index contributed by atoms with van der Waals surface area (Å²) < 4.78 is 0. The van der Waals surface area contributed by atoms with Gasteiger partial charge >= 0.3 is 35.8 Å². The van der Waals surface area contributed by atoms with E-state index in [1.807, 2.05) is 0 Å². The normalized spacial score (nSPS) is 9.17. The molecule has 0 aliphatic heterocycles. The number of unbranched alkanes of at least 4 members (excludes halogenated alkanes) is 1. The van der Waals surface area contributed by atoms with E-state index >= 15 is 0 Å². The van der Waals surface area contributed by atoms with Gasteiger partial charge in [0.2, 0.25) is 0 Å². The van der Waals surface area contributed by atoms with Gasteiger partial charge in [-0.2, -0.15) is 11.3 Å². The maximum absolute atomic E-state index is 10.3. The van der Waals surface area contributed by atoms with Crippen LogP contribution < -0.4 is 0 Å². The van der Waals surface area contributed by atoms with E-state index < -0.39 is 35.8 Å². The first-order valence-electron chi connectivity index (χ1n) is 9.52. The van der Waals surface area contributed by atoms with Crippen molar-refractivity contribution < 1.29 is 69.6 Å². The van der Waals surface area contributed by atoms with Gasteiger partial charge in [-0.05, 0) is 25.0 Å². The molecule has 16 heteroatoms. The van der Waals surface area contributed by atoms with Crippen LogP contribution >= 0.6 is 22.7 Å². The number of aromatic carboxylic acids is 4. The van der Waals surface area contributed by atoms with Crippen molar-refractivity contribution >= 4 is 58.5 Å². The van der Waals surface area contributed by atoms with Crippen LogP contribution in [0.25, 0.3) is 0 Å². The Labute approximate surface area is 210 Å². The quantitative estimate of drug-likeness (QED) is 0.196. The summed E-state index contributed by atoms with van der Waals surface area (Å²) in [7, 11) is 0. The van der Waals surface area contributed by atoms with Crippen molar-refractivity contribution in [2.45, 2.75) is 25.7 Å². The highest BCUT2D eigenvalue weighted by Gasteiger charge is 2.16. The predicted octanol–water partition coefficient (Wildman–Crippen LogP) is 1.98. The largest absolute Gasteiger partial charge is 0.481 e. The molecule has 0 fully saturated rings. The Morgan fingerprint density at radius 3 is 1.11 bits per heavy atom. The molecule has 2 aromatic rings. The summed E-state index contributed by atoms with van der Waals surface area (Å²) in [5, 5.41) is 67.8. The molecule has 0 unspecified atom stereocenters. The Morgan fingerprint density at radius 2 is 0.917 bits per heavy atom. The van der Waals surface area contributed by atoms with Gasteiger partial charge in [-0.25, -0.2) is 19.2 Å². The van der Waals surface area contributed by atoms with Crippen LogP contribution in [0.5, 0.6) is 0 Å². The fourth-order valence-corrected chi connectivity index (χ4v) is 3.23. The van der Waals surface area contributed by atoms with Crippen molar-refractivity contribution in [3.63, 3.8) is 0 Å². The second-order valence-electron chi connectivity index (χ2n) is 6.03. The van der Waals surface area contributed by atoms with E-state index in [0.29, 0.717) is 12.8 Å². The Morgan fingerprint density at radius 1 is 0.583 bits per heavy atom. The molecule has 14 nitrogen and oxygen atoms in total. The number of rotatable bonds is 10. The van der Waals surface area contributed by atoms with Gasteiger partial charge < -0.3 is 40.9 Å². The third-order valence-corrected chi connectivity index (χ3v) is 5.09.